The standard InChI is InChI=1S/C13H14N2.C2H6/c1-11-7-5-6-10-13(11)15-14-12-8-3-2-4-9-12;1-2/h2-10,14-15H,1H3;1-2H3. The molecule has 2 rings (SSSR count). The summed E-state index contributed by atoms with van der Waals surface area (Å²) in [5.74, 6) is 0. The zero-order valence-corrected chi connectivity index (χ0v) is 10.7. The van der Waals surface area contributed by atoms with E-state index in [4.69, 9.17) is 0 Å². The maximum Gasteiger partial charge on any atom is 0.0569 e. The van der Waals surface area contributed by atoms with Gasteiger partial charge < -0.3 is 10.9 Å². The molecule has 0 unspecified atom stereocenters. The van der Waals surface area contributed by atoms with Gasteiger partial charge in [-0.1, -0.05) is 50.2 Å². The van der Waals surface area contributed by atoms with E-state index in [1.54, 1.807) is 0 Å². The first kappa shape index (κ1) is 13.1. The molecule has 0 aliphatic heterocycles. The summed E-state index contributed by atoms with van der Waals surface area (Å²) >= 11 is 0. The highest BCUT2D eigenvalue weighted by molar-refractivity contribution is 5.55. The zero-order chi connectivity index (χ0) is 12.5. The van der Waals surface area contributed by atoms with Crippen molar-refractivity contribution in [2.45, 2.75) is 20.8 Å². The number of para-hydroxylation sites is 2. The van der Waals surface area contributed by atoms with E-state index >= 15 is 0 Å². The van der Waals surface area contributed by atoms with Crippen LogP contribution < -0.4 is 10.9 Å². The summed E-state index contributed by atoms with van der Waals surface area (Å²) in [5, 5.41) is 0. The lowest BCUT2D eigenvalue weighted by Crippen LogP contribution is -2.09. The summed E-state index contributed by atoms with van der Waals surface area (Å²) in [7, 11) is 0. The Morgan fingerprint density at radius 3 is 1.94 bits per heavy atom. The number of hydrogen-bond acceptors (Lipinski definition) is 2. The SMILES string of the molecule is CC.Cc1ccccc1NNc1ccccc1. The normalized spacial score (nSPS) is 8.88. The quantitative estimate of drug-likeness (QED) is 0.758. The maximum absolute atomic E-state index is 3.18. The molecule has 0 saturated heterocycles. The Balaban J connectivity index is 0.000000686. The highest BCUT2D eigenvalue weighted by atomic mass is 15.4. The van der Waals surface area contributed by atoms with Crippen LogP contribution in [0.2, 0.25) is 0 Å². The first-order valence-electron chi connectivity index (χ1n) is 5.99. The van der Waals surface area contributed by atoms with Crippen LogP contribution in [0.4, 0.5) is 11.4 Å². The summed E-state index contributed by atoms with van der Waals surface area (Å²) in [6.07, 6.45) is 0. The van der Waals surface area contributed by atoms with Gasteiger partial charge in [0.15, 0.2) is 0 Å². The van der Waals surface area contributed by atoms with Crippen molar-refractivity contribution in [3.8, 4) is 0 Å². The number of nitrogens with one attached hydrogen (secondary N) is 2. The molecule has 0 saturated carbocycles. The molecule has 2 aromatic carbocycles. The fourth-order valence-electron chi connectivity index (χ4n) is 1.37. The molecule has 0 amide bonds. The van der Waals surface area contributed by atoms with E-state index in [1.807, 2.05) is 62.4 Å². The van der Waals surface area contributed by atoms with Gasteiger partial charge in [-0.2, -0.15) is 0 Å². The third kappa shape index (κ3) is 4.19. The van der Waals surface area contributed by atoms with Crippen molar-refractivity contribution in [2.24, 2.45) is 0 Å². The Labute approximate surface area is 104 Å². The minimum absolute atomic E-state index is 1.06. The molecule has 0 radical (unpaired) electrons. The van der Waals surface area contributed by atoms with Crippen LogP contribution in [0.3, 0.4) is 0 Å². The molecular formula is C15H20N2. The van der Waals surface area contributed by atoms with Crippen LogP contribution in [0.25, 0.3) is 0 Å². The third-order valence-corrected chi connectivity index (χ3v) is 2.26. The van der Waals surface area contributed by atoms with Crippen LogP contribution in [0, 0.1) is 6.92 Å². The molecule has 2 aromatic rings. The Kier molecular flexibility index (Phi) is 5.66. The number of hydrogen-bond donors (Lipinski definition) is 2. The van der Waals surface area contributed by atoms with E-state index in [2.05, 4.69) is 23.8 Å². The van der Waals surface area contributed by atoms with E-state index in [0.29, 0.717) is 0 Å². The van der Waals surface area contributed by atoms with Crippen molar-refractivity contribution in [3.63, 3.8) is 0 Å². The van der Waals surface area contributed by atoms with Crippen molar-refractivity contribution < 1.29 is 0 Å². The molecule has 0 atom stereocenters. The molecule has 2 heteroatoms. The molecule has 0 aliphatic rings. The van der Waals surface area contributed by atoms with Gasteiger partial charge in [0.05, 0.1) is 11.4 Å². The van der Waals surface area contributed by atoms with Crippen molar-refractivity contribution >= 4 is 11.4 Å². The molecule has 0 bridgehead atoms. The lowest BCUT2D eigenvalue weighted by Gasteiger charge is -2.11. The van der Waals surface area contributed by atoms with Gasteiger partial charge in [0.25, 0.3) is 0 Å². The Bertz CT molecular complexity index is 424. The van der Waals surface area contributed by atoms with Crippen LogP contribution in [0.5, 0.6) is 0 Å². The smallest absolute Gasteiger partial charge is 0.0569 e. The van der Waals surface area contributed by atoms with Gasteiger partial charge in [0.2, 0.25) is 0 Å². The second kappa shape index (κ2) is 7.34. The zero-order valence-electron chi connectivity index (χ0n) is 10.7. The summed E-state index contributed by atoms with van der Waals surface area (Å²) in [6, 6.07) is 18.2. The van der Waals surface area contributed by atoms with Crippen LogP contribution in [0.15, 0.2) is 54.6 Å². The lowest BCUT2D eigenvalue weighted by atomic mass is 10.2. The first-order chi connectivity index (χ1) is 8.36. The fourth-order valence-corrected chi connectivity index (χ4v) is 1.37. The highest BCUT2D eigenvalue weighted by Gasteiger charge is 1.94. The summed E-state index contributed by atoms with van der Waals surface area (Å²) in [6.45, 7) is 6.08. The topological polar surface area (TPSA) is 24.1 Å². The number of anilines is 2. The number of aryl methyl sites for hydroxylation is 1. The Morgan fingerprint density at radius 2 is 1.29 bits per heavy atom. The maximum atomic E-state index is 3.18. The van der Waals surface area contributed by atoms with Gasteiger partial charge in [-0.3, -0.25) is 0 Å². The molecule has 0 fully saturated rings. The van der Waals surface area contributed by atoms with E-state index in [0.717, 1.165) is 11.4 Å². The predicted octanol–water partition coefficient (Wildman–Crippen LogP) is 4.46. The molecule has 17 heavy (non-hydrogen) atoms. The highest BCUT2D eigenvalue weighted by Crippen LogP contribution is 2.13. The van der Waals surface area contributed by atoms with E-state index < -0.39 is 0 Å². The number of benzene rings is 2. The molecule has 2 nitrogen and oxygen atoms in total. The van der Waals surface area contributed by atoms with Gasteiger partial charge in [-0.25, -0.2) is 0 Å². The third-order valence-electron chi connectivity index (χ3n) is 2.26. The van der Waals surface area contributed by atoms with Crippen LogP contribution >= 0.6 is 0 Å². The minimum atomic E-state index is 1.06. The van der Waals surface area contributed by atoms with Crippen molar-refractivity contribution in [2.75, 3.05) is 10.9 Å². The van der Waals surface area contributed by atoms with Crippen molar-refractivity contribution in [1.82, 2.24) is 0 Å². The lowest BCUT2D eigenvalue weighted by molar-refractivity contribution is 1.36. The minimum Gasteiger partial charge on any atom is -0.301 e. The van der Waals surface area contributed by atoms with Gasteiger partial charge in [0.1, 0.15) is 0 Å². The van der Waals surface area contributed by atoms with E-state index in [-0.39, 0.29) is 0 Å². The van der Waals surface area contributed by atoms with Gasteiger partial charge in [0, 0.05) is 0 Å². The molecular weight excluding hydrogens is 208 g/mol. The Hall–Kier alpha value is -1.96. The average molecular weight is 228 g/mol. The van der Waals surface area contributed by atoms with Crippen LogP contribution in [0.1, 0.15) is 19.4 Å². The molecule has 90 valence electrons. The van der Waals surface area contributed by atoms with Gasteiger partial charge >= 0.3 is 0 Å². The second-order valence-electron chi connectivity index (χ2n) is 3.43. The molecule has 2 N–H and O–H groups in total. The summed E-state index contributed by atoms with van der Waals surface area (Å²) in [4.78, 5) is 0. The van der Waals surface area contributed by atoms with Gasteiger partial charge in [-0.05, 0) is 30.7 Å². The number of rotatable bonds is 3. The van der Waals surface area contributed by atoms with E-state index in [9.17, 15) is 0 Å². The second-order valence-corrected chi connectivity index (χ2v) is 3.43. The largest absolute Gasteiger partial charge is 0.301 e. The Morgan fingerprint density at radius 1 is 0.706 bits per heavy atom. The summed E-state index contributed by atoms with van der Waals surface area (Å²) < 4.78 is 0. The number of hydrazine groups is 1. The van der Waals surface area contributed by atoms with Crippen molar-refractivity contribution in [1.29, 1.82) is 0 Å². The van der Waals surface area contributed by atoms with Gasteiger partial charge in [-0.15, -0.1) is 0 Å². The predicted molar refractivity (Wildman–Crippen MR) is 76.2 cm³/mol. The summed E-state index contributed by atoms with van der Waals surface area (Å²) in [5.41, 5.74) is 9.71. The first-order valence-corrected chi connectivity index (χ1v) is 5.99. The molecule has 0 aromatic heterocycles. The monoisotopic (exact) mass is 228 g/mol. The molecule has 0 aliphatic carbocycles. The van der Waals surface area contributed by atoms with Crippen LogP contribution in [-0.4, -0.2) is 0 Å². The van der Waals surface area contributed by atoms with E-state index in [1.165, 1.54) is 5.56 Å². The molecule has 0 spiro atoms. The molecule has 0 heterocycles. The van der Waals surface area contributed by atoms with Crippen LogP contribution in [-0.2, 0) is 0 Å². The average Bonchev–Trinajstić information content (AvgIpc) is 2.41. The van der Waals surface area contributed by atoms with Crippen molar-refractivity contribution in [3.05, 3.63) is 60.2 Å². The fraction of sp³-hybridized carbons (Fsp3) is 0.200.